The highest BCUT2D eigenvalue weighted by atomic mass is 16.5. The molecule has 0 saturated carbocycles. The Bertz CT molecular complexity index is 333. The molecule has 0 aliphatic heterocycles. The molecule has 1 aromatic heterocycles. The lowest BCUT2D eigenvalue weighted by Crippen LogP contribution is -2.06. The van der Waals surface area contributed by atoms with Crippen LogP contribution in [0.15, 0.2) is 12.3 Å². The van der Waals surface area contributed by atoms with Gasteiger partial charge in [-0.1, -0.05) is 6.92 Å². The van der Waals surface area contributed by atoms with Gasteiger partial charge in [0, 0.05) is 25.2 Å². The van der Waals surface area contributed by atoms with E-state index in [2.05, 4.69) is 21.2 Å². The van der Waals surface area contributed by atoms with Gasteiger partial charge in [-0.3, -0.25) is 0 Å². The van der Waals surface area contributed by atoms with E-state index in [1.54, 1.807) is 12.3 Å². The Morgan fingerprint density at radius 3 is 3.20 bits per heavy atom. The van der Waals surface area contributed by atoms with Crippen molar-refractivity contribution >= 4 is 5.95 Å². The molecule has 0 aliphatic rings. The summed E-state index contributed by atoms with van der Waals surface area (Å²) >= 11 is 0. The smallest absolute Gasteiger partial charge is 0.225 e. The van der Waals surface area contributed by atoms with Crippen molar-refractivity contribution in [2.24, 2.45) is 0 Å². The number of hydrogen-bond acceptors (Lipinski definition) is 4. The molecule has 1 heterocycles. The molecule has 4 heteroatoms. The Morgan fingerprint density at radius 1 is 1.60 bits per heavy atom. The first-order valence-corrected chi connectivity index (χ1v) is 5.00. The molecule has 0 atom stereocenters. The van der Waals surface area contributed by atoms with E-state index in [0.717, 1.165) is 6.42 Å². The number of anilines is 1. The third-order valence-corrected chi connectivity index (χ3v) is 1.64. The molecule has 0 spiro atoms. The number of ether oxygens (including phenoxy) is 1. The second kappa shape index (κ2) is 6.66. The van der Waals surface area contributed by atoms with Gasteiger partial charge in [0.2, 0.25) is 11.8 Å². The van der Waals surface area contributed by atoms with Crippen molar-refractivity contribution in [1.82, 2.24) is 9.97 Å². The topological polar surface area (TPSA) is 47.0 Å². The average Bonchev–Trinajstić information content (AvgIpc) is 2.27. The molecule has 1 rings (SSSR count). The normalized spacial score (nSPS) is 9.33. The van der Waals surface area contributed by atoms with Crippen LogP contribution in [-0.2, 0) is 0 Å². The first-order valence-electron chi connectivity index (χ1n) is 5.00. The van der Waals surface area contributed by atoms with Gasteiger partial charge in [0.25, 0.3) is 0 Å². The molecule has 0 saturated heterocycles. The fourth-order valence-electron chi connectivity index (χ4n) is 0.961. The maximum atomic E-state index is 5.37. The molecule has 0 radical (unpaired) electrons. The van der Waals surface area contributed by atoms with Crippen LogP contribution in [0.5, 0.6) is 5.88 Å². The maximum absolute atomic E-state index is 5.37. The highest BCUT2D eigenvalue weighted by Gasteiger charge is 1.98. The summed E-state index contributed by atoms with van der Waals surface area (Å²) in [4.78, 5) is 8.22. The molecule has 80 valence electrons. The SMILES string of the molecule is C#CCCNc1nccc(OCCC)n1. The second-order valence-corrected chi connectivity index (χ2v) is 2.95. The summed E-state index contributed by atoms with van der Waals surface area (Å²) in [6.07, 6.45) is 8.41. The van der Waals surface area contributed by atoms with Crippen molar-refractivity contribution in [1.29, 1.82) is 0 Å². The summed E-state index contributed by atoms with van der Waals surface area (Å²) in [5.74, 6) is 3.68. The summed E-state index contributed by atoms with van der Waals surface area (Å²) in [5, 5.41) is 3.02. The quantitative estimate of drug-likeness (QED) is 0.567. The minimum Gasteiger partial charge on any atom is -0.478 e. The number of hydrogen-bond donors (Lipinski definition) is 1. The highest BCUT2D eigenvalue weighted by Crippen LogP contribution is 2.08. The fourth-order valence-corrected chi connectivity index (χ4v) is 0.961. The summed E-state index contributed by atoms with van der Waals surface area (Å²) in [7, 11) is 0. The van der Waals surface area contributed by atoms with Crippen LogP contribution >= 0.6 is 0 Å². The van der Waals surface area contributed by atoms with Crippen molar-refractivity contribution in [2.75, 3.05) is 18.5 Å². The van der Waals surface area contributed by atoms with E-state index in [-0.39, 0.29) is 0 Å². The summed E-state index contributed by atoms with van der Waals surface area (Å²) < 4.78 is 5.37. The van der Waals surface area contributed by atoms with Crippen LogP contribution in [0.25, 0.3) is 0 Å². The summed E-state index contributed by atoms with van der Waals surface area (Å²) in [5.41, 5.74) is 0. The fraction of sp³-hybridized carbons (Fsp3) is 0.455. The van der Waals surface area contributed by atoms with Crippen molar-refractivity contribution in [3.63, 3.8) is 0 Å². The largest absolute Gasteiger partial charge is 0.478 e. The van der Waals surface area contributed by atoms with Gasteiger partial charge in [0.15, 0.2) is 0 Å². The molecule has 0 amide bonds. The van der Waals surface area contributed by atoms with Gasteiger partial charge in [0.1, 0.15) is 0 Å². The summed E-state index contributed by atoms with van der Waals surface area (Å²) in [6, 6.07) is 1.74. The number of nitrogens with one attached hydrogen (secondary N) is 1. The van der Waals surface area contributed by atoms with E-state index < -0.39 is 0 Å². The molecule has 15 heavy (non-hydrogen) atoms. The van der Waals surface area contributed by atoms with Gasteiger partial charge in [-0.05, 0) is 6.42 Å². The zero-order valence-corrected chi connectivity index (χ0v) is 8.86. The van der Waals surface area contributed by atoms with Crippen LogP contribution in [-0.4, -0.2) is 23.1 Å². The first kappa shape index (κ1) is 11.3. The lowest BCUT2D eigenvalue weighted by molar-refractivity contribution is 0.305. The molecule has 0 aliphatic carbocycles. The van der Waals surface area contributed by atoms with E-state index in [1.165, 1.54) is 0 Å². The number of terminal acetylenes is 1. The Hall–Kier alpha value is -1.76. The zero-order chi connectivity index (χ0) is 10.9. The Labute approximate surface area is 90.1 Å². The van der Waals surface area contributed by atoms with Crippen LogP contribution in [0.1, 0.15) is 19.8 Å². The van der Waals surface area contributed by atoms with Crippen molar-refractivity contribution in [3.8, 4) is 18.2 Å². The lowest BCUT2D eigenvalue weighted by atomic mass is 10.4. The minimum atomic E-state index is 0.554. The molecule has 0 fully saturated rings. The third-order valence-electron chi connectivity index (χ3n) is 1.64. The molecular weight excluding hydrogens is 190 g/mol. The Balaban J connectivity index is 2.47. The molecule has 1 N–H and O–H groups in total. The summed E-state index contributed by atoms with van der Waals surface area (Å²) in [6.45, 7) is 3.39. The minimum absolute atomic E-state index is 0.554. The monoisotopic (exact) mass is 205 g/mol. The zero-order valence-electron chi connectivity index (χ0n) is 8.86. The molecular formula is C11H15N3O. The van der Waals surface area contributed by atoms with Crippen LogP contribution in [0.3, 0.4) is 0 Å². The third kappa shape index (κ3) is 4.32. The maximum Gasteiger partial charge on any atom is 0.225 e. The van der Waals surface area contributed by atoms with Crippen LogP contribution in [0.4, 0.5) is 5.95 Å². The average molecular weight is 205 g/mol. The molecule has 0 bridgehead atoms. The predicted molar refractivity (Wildman–Crippen MR) is 59.8 cm³/mol. The predicted octanol–water partition coefficient (Wildman–Crippen LogP) is 1.70. The molecule has 0 unspecified atom stereocenters. The van der Waals surface area contributed by atoms with E-state index in [0.29, 0.717) is 31.4 Å². The Morgan fingerprint density at radius 2 is 2.47 bits per heavy atom. The van der Waals surface area contributed by atoms with E-state index >= 15 is 0 Å². The Kier molecular flexibility index (Phi) is 5.02. The van der Waals surface area contributed by atoms with Gasteiger partial charge < -0.3 is 10.1 Å². The van der Waals surface area contributed by atoms with Gasteiger partial charge in [-0.25, -0.2) is 4.98 Å². The van der Waals surface area contributed by atoms with Gasteiger partial charge in [-0.15, -0.1) is 12.3 Å². The number of aromatic nitrogens is 2. The van der Waals surface area contributed by atoms with Crippen LogP contribution in [0, 0.1) is 12.3 Å². The van der Waals surface area contributed by atoms with Gasteiger partial charge >= 0.3 is 0 Å². The number of rotatable bonds is 6. The standard InChI is InChI=1S/C11H15N3O/c1-3-5-7-12-11-13-8-6-10(14-11)15-9-4-2/h1,6,8H,4-5,7,9H2,2H3,(H,12,13,14). The van der Waals surface area contributed by atoms with Crippen molar-refractivity contribution < 1.29 is 4.74 Å². The van der Waals surface area contributed by atoms with Crippen molar-refractivity contribution in [2.45, 2.75) is 19.8 Å². The first-order chi connectivity index (χ1) is 7.36. The van der Waals surface area contributed by atoms with E-state index in [4.69, 9.17) is 11.2 Å². The van der Waals surface area contributed by atoms with Crippen LogP contribution in [0.2, 0.25) is 0 Å². The molecule has 0 aromatic carbocycles. The highest BCUT2D eigenvalue weighted by molar-refractivity contribution is 5.27. The van der Waals surface area contributed by atoms with Gasteiger partial charge in [-0.2, -0.15) is 4.98 Å². The lowest BCUT2D eigenvalue weighted by Gasteiger charge is -2.05. The van der Waals surface area contributed by atoms with E-state index in [9.17, 15) is 0 Å². The molecule has 1 aromatic rings. The van der Waals surface area contributed by atoms with Crippen LogP contribution < -0.4 is 10.1 Å². The number of nitrogens with zero attached hydrogens (tertiary/aromatic N) is 2. The molecule has 4 nitrogen and oxygen atoms in total. The van der Waals surface area contributed by atoms with Crippen molar-refractivity contribution in [3.05, 3.63) is 12.3 Å². The van der Waals surface area contributed by atoms with Gasteiger partial charge in [0.05, 0.1) is 6.61 Å². The van der Waals surface area contributed by atoms with E-state index in [1.807, 2.05) is 6.92 Å². The second-order valence-electron chi connectivity index (χ2n) is 2.95.